The van der Waals surface area contributed by atoms with Gasteiger partial charge in [0.25, 0.3) is 0 Å². The van der Waals surface area contributed by atoms with Crippen LogP contribution in [0.1, 0.15) is 15.9 Å². The van der Waals surface area contributed by atoms with Gasteiger partial charge in [0.1, 0.15) is 0 Å². The molecular formula is C15H12BrClN2O2S. The number of thiocarbonyl (C=S) groups is 1. The van der Waals surface area contributed by atoms with E-state index in [2.05, 4.69) is 26.6 Å². The van der Waals surface area contributed by atoms with Crippen molar-refractivity contribution in [2.24, 2.45) is 0 Å². The number of carbonyl (C=O) groups is 1. The van der Waals surface area contributed by atoms with Gasteiger partial charge in [0.05, 0.1) is 16.3 Å². The fourth-order valence-electron chi connectivity index (χ4n) is 1.70. The Morgan fingerprint density at radius 1 is 1.23 bits per heavy atom. The lowest BCUT2D eigenvalue weighted by atomic mass is 10.1. The van der Waals surface area contributed by atoms with Gasteiger partial charge in [-0.05, 0) is 48.1 Å². The van der Waals surface area contributed by atoms with Crippen molar-refractivity contribution in [2.45, 2.75) is 6.54 Å². The number of hydrogen-bond donors (Lipinski definition) is 3. The van der Waals surface area contributed by atoms with Gasteiger partial charge in [-0.15, -0.1) is 0 Å². The van der Waals surface area contributed by atoms with E-state index in [0.717, 1.165) is 10.0 Å². The number of nitrogens with one attached hydrogen (secondary N) is 2. The Labute approximate surface area is 146 Å². The smallest absolute Gasteiger partial charge is 0.335 e. The van der Waals surface area contributed by atoms with Crippen molar-refractivity contribution in [3.63, 3.8) is 0 Å². The molecule has 0 aliphatic carbocycles. The summed E-state index contributed by atoms with van der Waals surface area (Å²) in [6, 6.07) is 12.1. The Morgan fingerprint density at radius 2 is 1.91 bits per heavy atom. The number of halogens is 2. The third kappa shape index (κ3) is 4.69. The maximum Gasteiger partial charge on any atom is 0.335 e. The number of anilines is 1. The number of aromatic carboxylic acids is 1. The highest BCUT2D eigenvalue weighted by Gasteiger charge is 2.04. The molecule has 2 aromatic rings. The second-order valence-electron chi connectivity index (χ2n) is 4.43. The molecule has 0 radical (unpaired) electrons. The second-order valence-corrected chi connectivity index (χ2v) is 6.17. The van der Waals surface area contributed by atoms with E-state index in [4.69, 9.17) is 28.9 Å². The van der Waals surface area contributed by atoms with Gasteiger partial charge >= 0.3 is 5.97 Å². The molecule has 22 heavy (non-hydrogen) atoms. The zero-order valence-corrected chi connectivity index (χ0v) is 14.4. The minimum absolute atomic E-state index is 0.256. The molecule has 0 fully saturated rings. The second kappa shape index (κ2) is 7.58. The quantitative estimate of drug-likeness (QED) is 0.670. The number of benzene rings is 2. The van der Waals surface area contributed by atoms with Gasteiger partial charge in [-0.2, -0.15) is 0 Å². The van der Waals surface area contributed by atoms with Crippen LogP contribution in [0.2, 0.25) is 5.02 Å². The van der Waals surface area contributed by atoms with Gasteiger partial charge in [0.15, 0.2) is 5.11 Å². The number of hydrogen-bond acceptors (Lipinski definition) is 2. The summed E-state index contributed by atoms with van der Waals surface area (Å²) in [4.78, 5) is 10.8. The van der Waals surface area contributed by atoms with Crippen LogP contribution >= 0.6 is 39.7 Å². The summed E-state index contributed by atoms with van der Waals surface area (Å²) in [7, 11) is 0. The summed E-state index contributed by atoms with van der Waals surface area (Å²) in [6.07, 6.45) is 0. The predicted molar refractivity (Wildman–Crippen MR) is 95.6 cm³/mol. The normalized spacial score (nSPS) is 10.1. The molecule has 0 saturated heterocycles. The van der Waals surface area contributed by atoms with Crippen molar-refractivity contribution in [1.82, 2.24) is 5.32 Å². The van der Waals surface area contributed by atoms with Crippen LogP contribution in [-0.4, -0.2) is 16.2 Å². The maximum atomic E-state index is 10.8. The molecule has 114 valence electrons. The van der Waals surface area contributed by atoms with Gasteiger partial charge in [-0.3, -0.25) is 0 Å². The molecule has 0 unspecified atom stereocenters. The molecule has 3 N–H and O–H groups in total. The SMILES string of the molecule is O=C(O)c1ccc(CNC(=S)Nc2ccc(Br)cc2Cl)cc1. The Hall–Kier alpha value is -1.63. The van der Waals surface area contributed by atoms with Crippen molar-refractivity contribution in [3.8, 4) is 0 Å². The molecular weight excluding hydrogens is 388 g/mol. The van der Waals surface area contributed by atoms with E-state index in [0.29, 0.717) is 22.4 Å². The van der Waals surface area contributed by atoms with Crippen molar-refractivity contribution in [1.29, 1.82) is 0 Å². The first-order chi connectivity index (χ1) is 10.5. The standard InChI is InChI=1S/C15H12BrClN2O2S/c16-11-5-6-13(12(17)7-11)19-15(22)18-8-9-1-3-10(4-2-9)14(20)21/h1-7H,8H2,(H,20,21)(H2,18,19,22). The lowest BCUT2D eigenvalue weighted by molar-refractivity contribution is 0.0697. The summed E-state index contributed by atoms with van der Waals surface area (Å²) in [5, 5.41) is 15.9. The summed E-state index contributed by atoms with van der Waals surface area (Å²) in [6.45, 7) is 0.486. The van der Waals surface area contributed by atoms with Gasteiger partial charge in [0, 0.05) is 11.0 Å². The Kier molecular flexibility index (Phi) is 5.76. The van der Waals surface area contributed by atoms with E-state index in [1.807, 2.05) is 12.1 Å². The first-order valence-corrected chi connectivity index (χ1v) is 7.86. The predicted octanol–water partition coefficient (Wildman–Crippen LogP) is 4.29. The molecule has 7 heteroatoms. The molecule has 0 atom stereocenters. The third-order valence-corrected chi connectivity index (χ3v) is 3.89. The Morgan fingerprint density at radius 3 is 2.50 bits per heavy atom. The maximum absolute atomic E-state index is 10.8. The fraction of sp³-hybridized carbons (Fsp3) is 0.0667. The lowest BCUT2D eigenvalue weighted by Gasteiger charge is -2.12. The molecule has 0 bridgehead atoms. The van der Waals surface area contributed by atoms with Crippen LogP contribution in [0.4, 0.5) is 5.69 Å². The van der Waals surface area contributed by atoms with E-state index in [9.17, 15) is 4.79 Å². The first-order valence-electron chi connectivity index (χ1n) is 6.28. The molecule has 0 amide bonds. The molecule has 0 aromatic heterocycles. The van der Waals surface area contributed by atoms with Crippen molar-refractivity contribution in [2.75, 3.05) is 5.32 Å². The van der Waals surface area contributed by atoms with Crippen LogP contribution in [0.15, 0.2) is 46.9 Å². The van der Waals surface area contributed by atoms with Crippen LogP contribution < -0.4 is 10.6 Å². The molecule has 0 aliphatic heterocycles. The minimum Gasteiger partial charge on any atom is -0.478 e. The first kappa shape index (κ1) is 16.7. The lowest BCUT2D eigenvalue weighted by Crippen LogP contribution is -2.28. The molecule has 4 nitrogen and oxygen atoms in total. The van der Waals surface area contributed by atoms with E-state index >= 15 is 0 Å². The van der Waals surface area contributed by atoms with E-state index in [-0.39, 0.29) is 5.56 Å². The van der Waals surface area contributed by atoms with Crippen LogP contribution in [0, 0.1) is 0 Å². The zero-order chi connectivity index (χ0) is 16.1. The van der Waals surface area contributed by atoms with Gasteiger partial charge < -0.3 is 15.7 Å². The molecule has 2 aromatic carbocycles. The Balaban J connectivity index is 1.91. The largest absolute Gasteiger partial charge is 0.478 e. The van der Waals surface area contributed by atoms with Crippen LogP contribution in [0.3, 0.4) is 0 Å². The van der Waals surface area contributed by atoms with Crippen molar-refractivity contribution < 1.29 is 9.90 Å². The molecule has 0 aliphatic rings. The molecule has 0 saturated carbocycles. The summed E-state index contributed by atoms with van der Waals surface area (Å²) < 4.78 is 0.889. The molecule has 2 rings (SSSR count). The minimum atomic E-state index is -0.943. The monoisotopic (exact) mass is 398 g/mol. The third-order valence-electron chi connectivity index (χ3n) is 2.83. The van der Waals surface area contributed by atoms with Crippen LogP contribution in [0.5, 0.6) is 0 Å². The highest BCUT2D eigenvalue weighted by molar-refractivity contribution is 9.10. The van der Waals surface area contributed by atoms with Crippen LogP contribution in [0.25, 0.3) is 0 Å². The number of carboxylic acids is 1. The molecule has 0 spiro atoms. The summed E-state index contributed by atoms with van der Waals surface area (Å²) >= 11 is 14.6. The zero-order valence-electron chi connectivity index (χ0n) is 11.3. The van der Waals surface area contributed by atoms with Crippen LogP contribution in [-0.2, 0) is 6.54 Å². The van der Waals surface area contributed by atoms with E-state index in [1.165, 1.54) is 0 Å². The van der Waals surface area contributed by atoms with E-state index in [1.54, 1.807) is 30.3 Å². The van der Waals surface area contributed by atoms with Gasteiger partial charge in [0.2, 0.25) is 0 Å². The van der Waals surface area contributed by atoms with Crippen molar-refractivity contribution in [3.05, 3.63) is 63.1 Å². The highest BCUT2D eigenvalue weighted by atomic mass is 79.9. The summed E-state index contributed by atoms with van der Waals surface area (Å²) in [5.74, 6) is -0.943. The van der Waals surface area contributed by atoms with Gasteiger partial charge in [-0.1, -0.05) is 39.7 Å². The number of rotatable bonds is 4. The average molecular weight is 400 g/mol. The summed E-state index contributed by atoms with van der Waals surface area (Å²) in [5.41, 5.74) is 1.89. The average Bonchev–Trinajstić information content (AvgIpc) is 2.48. The number of carboxylic acid groups (broad SMARTS) is 1. The fourth-order valence-corrected chi connectivity index (χ4v) is 2.61. The van der Waals surface area contributed by atoms with E-state index < -0.39 is 5.97 Å². The highest BCUT2D eigenvalue weighted by Crippen LogP contribution is 2.25. The molecule has 0 heterocycles. The topological polar surface area (TPSA) is 61.4 Å². The Bertz CT molecular complexity index is 707. The van der Waals surface area contributed by atoms with Crippen molar-refractivity contribution >= 4 is 56.5 Å². The van der Waals surface area contributed by atoms with Gasteiger partial charge in [-0.25, -0.2) is 4.79 Å².